The van der Waals surface area contributed by atoms with Crippen molar-refractivity contribution in [1.29, 1.82) is 0 Å². The topological polar surface area (TPSA) is 20.3 Å². The maximum absolute atomic E-state index is 12.9. The summed E-state index contributed by atoms with van der Waals surface area (Å²) in [6, 6.07) is 9.76. The second kappa shape index (κ2) is 5.47. The maximum Gasteiger partial charge on any atom is 0.164 e. The number of nitrogens with zero attached hydrogens (tertiary/aromatic N) is 1. The molecule has 0 aliphatic carbocycles. The summed E-state index contributed by atoms with van der Waals surface area (Å²) in [5.41, 5.74) is 0.992. The van der Waals surface area contributed by atoms with Crippen molar-refractivity contribution in [2.75, 3.05) is 7.05 Å². The summed E-state index contributed by atoms with van der Waals surface area (Å²) in [6.07, 6.45) is 5.81. The molecule has 0 spiro atoms. The van der Waals surface area contributed by atoms with Gasteiger partial charge in [-0.15, -0.1) is 11.3 Å². The number of carbonyl (C=O) groups is 1. The third-order valence-corrected chi connectivity index (χ3v) is 6.81. The lowest BCUT2D eigenvalue weighted by molar-refractivity contribution is 0.0884. The average Bonchev–Trinajstić information content (AvgIpc) is 2.90. The smallest absolute Gasteiger partial charge is 0.164 e. The number of ketones is 1. The molecule has 2 unspecified atom stereocenters. The predicted molar refractivity (Wildman–Crippen MR) is 92.8 cm³/mol. The molecular weight excluding hydrogens is 290 g/mol. The van der Waals surface area contributed by atoms with Crippen LogP contribution in [-0.4, -0.2) is 29.8 Å². The Balaban J connectivity index is 1.56. The highest BCUT2D eigenvalue weighted by Crippen LogP contribution is 2.40. The minimum Gasteiger partial charge on any atom is -0.300 e. The van der Waals surface area contributed by atoms with Crippen LogP contribution in [0.5, 0.6) is 0 Å². The zero-order valence-corrected chi connectivity index (χ0v) is 14.2. The van der Waals surface area contributed by atoms with E-state index in [9.17, 15) is 4.79 Å². The highest BCUT2D eigenvalue weighted by Gasteiger charge is 2.39. The Labute approximate surface area is 136 Å². The predicted octanol–water partition coefficient (Wildman–Crippen LogP) is 4.66. The Morgan fingerprint density at radius 3 is 2.64 bits per heavy atom. The van der Waals surface area contributed by atoms with E-state index in [1.54, 1.807) is 11.3 Å². The lowest BCUT2D eigenvalue weighted by Crippen LogP contribution is -2.40. The van der Waals surface area contributed by atoms with Crippen molar-refractivity contribution in [2.24, 2.45) is 5.92 Å². The standard InChI is InChI=1S/C19H23NOS/c1-12-19(16-5-3-4-6-18(16)22-12)17(21)11-13-9-14-7-8-15(10-13)20(14)2/h3-6,13-15H,7-11H2,1-2H3. The van der Waals surface area contributed by atoms with E-state index in [4.69, 9.17) is 0 Å². The molecular formula is C19H23NOS. The zero-order chi connectivity index (χ0) is 15.3. The summed E-state index contributed by atoms with van der Waals surface area (Å²) >= 11 is 1.75. The summed E-state index contributed by atoms with van der Waals surface area (Å²) in [4.78, 5) is 16.6. The van der Waals surface area contributed by atoms with Crippen LogP contribution >= 0.6 is 11.3 Å². The van der Waals surface area contributed by atoms with Gasteiger partial charge in [0.2, 0.25) is 0 Å². The molecule has 1 aromatic carbocycles. The summed E-state index contributed by atoms with van der Waals surface area (Å²) < 4.78 is 1.24. The second-order valence-electron chi connectivity index (χ2n) is 7.04. The first-order chi connectivity index (χ1) is 10.6. The Kier molecular flexibility index (Phi) is 3.58. The molecule has 2 bridgehead atoms. The quantitative estimate of drug-likeness (QED) is 0.768. The van der Waals surface area contributed by atoms with E-state index in [0.29, 0.717) is 11.7 Å². The molecule has 2 aromatic rings. The van der Waals surface area contributed by atoms with Crippen molar-refractivity contribution >= 4 is 27.2 Å². The molecule has 0 N–H and O–H groups in total. The van der Waals surface area contributed by atoms with Crippen LogP contribution in [0.2, 0.25) is 0 Å². The zero-order valence-electron chi connectivity index (χ0n) is 13.3. The highest BCUT2D eigenvalue weighted by atomic mass is 32.1. The van der Waals surface area contributed by atoms with Gasteiger partial charge >= 0.3 is 0 Å². The van der Waals surface area contributed by atoms with Gasteiger partial charge in [0.15, 0.2) is 5.78 Å². The number of fused-ring (bicyclic) bond motifs is 3. The average molecular weight is 313 g/mol. The molecule has 0 amide bonds. The largest absolute Gasteiger partial charge is 0.300 e. The lowest BCUT2D eigenvalue weighted by atomic mass is 9.85. The third kappa shape index (κ3) is 2.31. The number of thiophene rings is 1. The minimum atomic E-state index is 0.365. The summed E-state index contributed by atoms with van der Waals surface area (Å²) in [5.74, 6) is 0.947. The first-order valence-corrected chi connectivity index (χ1v) is 9.18. The van der Waals surface area contributed by atoms with Crippen LogP contribution in [0, 0.1) is 12.8 Å². The van der Waals surface area contributed by atoms with Crippen LogP contribution in [0.15, 0.2) is 24.3 Å². The van der Waals surface area contributed by atoms with Crippen LogP contribution in [0.3, 0.4) is 0 Å². The van der Waals surface area contributed by atoms with Gasteiger partial charge in [0, 0.05) is 39.0 Å². The molecule has 0 radical (unpaired) electrons. The van der Waals surface area contributed by atoms with Gasteiger partial charge in [0.1, 0.15) is 0 Å². The first-order valence-electron chi connectivity index (χ1n) is 8.36. The van der Waals surface area contributed by atoms with E-state index in [-0.39, 0.29) is 0 Å². The molecule has 3 heteroatoms. The van der Waals surface area contributed by atoms with Crippen LogP contribution in [0.25, 0.3) is 10.1 Å². The molecule has 0 saturated carbocycles. The fourth-order valence-electron chi connectivity index (χ4n) is 4.57. The van der Waals surface area contributed by atoms with Gasteiger partial charge in [-0.25, -0.2) is 0 Å². The fourth-order valence-corrected chi connectivity index (χ4v) is 5.65. The van der Waals surface area contributed by atoms with Crippen molar-refractivity contribution in [1.82, 2.24) is 4.90 Å². The van der Waals surface area contributed by atoms with Crippen LogP contribution in [-0.2, 0) is 0 Å². The Bertz CT molecular complexity index is 705. The molecule has 2 nitrogen and oxygen atoms in total. The molecule has 22 heavy (non-hydrogen) atoms. The number of Topliss-reactive ketones (excluding diaryl/α,β-unsaturated/α-hetero) is 1. The second-order valence-corrected chi connectivity index (χ2v) is 8.30. The molecule has 2 aliphatic rings. The van der Waals surface area contributed by atoms with Crippen LogP contribution in [0.1, 0.15) is 47.3 Å². The van der Waals surface area contributed by atoms with E-state index in [2.05, 4.69) is 37.1 Å². The van der Waals surface area contributed by atoms with E-state index in [0.717, 1.165) is 29.5 Å². The van der Waals surface area contributed by atoms with Gasteiger partial charge in [-0.1, -0.05) is 18.2 Å². The molecule has 2 aliphatic heterocycles. The van der Waals surface area contributed by atoms with Gasteiger partial charge in [0.05, 0.1) is 0 Å². The number of hydrogen-bond donors (Lipinski definition) is 0. The van der Waals surface area contributed by atoms with Crippen LogP contribution in [0.4, 0.5) is 0 Å². The Morgan fingerprint density at radius 1 is 1.23 bits per heavy atom. The number of carbonyl (C=O) groups excluding carboxylic acids is 1. The lowest BCUT2D eigenvalue weighted by Gasteiger charge is -2.36. The van der Waals surface area contributed by atoms with Crippen molar-refractivity contribution in [3.05, 3.63) is 34.7 Å². The molecule has 2 saturated heterocycles. The number of piperidine rings is 1. The molecule has 4 rings (SSSR count). The van der Waals surface area contributed by atoms with E-state index in [1.807, 2.05) is 6.07 Å². The van der Waals surface area contributed by atoms with Gasteiger partial charge in [-0.3, -0.25) is 4.79 Å². The van der Waals surface area contributed by atoms with Gasteiger partial charge in [0.25, 0.3) is 0 Å². The molecule has 116 valence electrons. The highest BCUT2D eigenvalue weighted by molar-refractivity contribution is 7.19. The van der Waals surface area contributed by atoms with Crippen molar-refractivity contribution in [3.63, 3.8) is 0 Å². The van der Waals surface area contributed by atoms with Crippen molar-refractivity contribution in [3.8, 4) is 0 Å². The van der Waals surface area contributed by atoms with Gasteiger partial charge in [-0.05, 0) is 51.6 Å². The number of hydrogen-bond acceptors (Lipinski definition) is 3. The summed E-state index contributed by atoms with van der Waals surface area (Å²) in [5, 5.41) is 1.16. The molecule has 1 aromatic heterocycles. The fraction of sp³-hybridized carbons (Fsp3) is 0.526. The number of aryl methyl sites for hydroxylation is 1. The SMILES string of the molecule is Cc1sc2ccccc2c1C(=O)CC1CC2CCC(C1)N2C. The van der Waals surface area contributed by atoms with Gasteiger partial charge < -0.3 is 4.90 Å². The van der Waals surface area contributed by atoms with Crippen molar-refractivity contribution < 1.29 is 4.79 Å². The number of rotatable bonds is 3. The molecule has 2 fully saturated rings. The summed E-state index contributed by atoms with van der Waals surface area (Å²) in [7, 11) is 2.26. The number of benzene rings is 1. The van der Waals surface area contributed by atoms with Gasteiger partial charge in [-0.2, -0.15) is 0 Å². The molecule has 2 atom stereocenters. The van der Waals surface area contributed by atoms with Crippen LogP contribution < -0.4 is 0 Å². The van der Waals surface area contributed by atoms with E-state index in [1.165, 1.54) is 35.3 Å². The Morgan fingerprint density at radius 2 is 1.91 bits per heavy atom. The van der Waals surface area contributed by atoms with E-state index >= 15 is 0 Å². The summed E-state index contributed by atoms with van der Waals surface area (Å²) in [6.45, 7) is 2.09. The van der Waals surface area contributed by atoms with Crippen molar-refractivity contribution in [2.45, 2.75) is 51.1 Å². The minimum absolute atomic E-state index is 0.365. The first kappa shape index (κ1) is 14.4. The molecule has 3 heterocycles. The normalized spacial score (nSPS) is 28.4. The monoisotopic (exact) mass is 313 g/mol. The Hall–Kier alpha value is -1.19. The maximum atomic E-state index is 12.9. The van der Waals surface area contributed by atoms with E-state index < -0.39 is 0 Å². The third-order valence-electron chi connectivity index (χ3n) is 5.72.